The van der Waals surface area contributed by atoms with Crippen LogP contribution in [0.1, 0.15) is 13.8 Å². The molecule has 1 aliphatic heterocycles. The summed E-state index contributed by atoms with van der Waals surface area (Å²) in [7, 11) is 0. The van der Waals surface area contributed by atoms with Crippen LogP contribution in [0.25, 0.3) is 0 Å². The maximum Gasteiger partial charge on any atom is 0.267 e. The number of nitrogens with one attached hydrogen (secondary N) is 1. The molecular formula is C16H18BrN3O2. The summed E-state index contributed by atoms with van der Waals surface area (Å²) in [5.41, 5.74) is 0.738. The summed E-state index contributed by atoms with van der Waals surface area (Å²) in [6, 6.07) is 9.18. The van der Waals surface area contributed by atoms with Gasteiger partial charge in [-0.3, -0.25) is 4.79 Å². The van der Waals surface area contributed by atoms with Crippen LogP contribution in [0.15, 0.2) is 40.5 Å². The quantitative estimate of drug-likeness (QED) is 0.662. The number of ether oxygens (including phenoxy) is 1. The Morgan fingerprint density at radius 1 is 1.36 bits per heavy atom. The molecule has 22 heavy (non-hydrogen) atoms. The van der Waals surface area contributed by atoms with Crippen molar-refractivity contribution in [3.63, 3.8) is 0 Å². The van der Waals surface area contributed by atoms with Crippen molar-refractivity contribution in [3.05, 3.63) is 40.5 Å². The minimum absolute atomic E-state index is 0.0782. The van der Waals surface area contributed by atoms with E-state index in [9.17, 15) is 10.1 Å². The van der Waals surface area contributed by atoms with Crippen LogP contribution in [0.2, 0.25) is 0 Å². The first-order valence-electron chi connectivity index (χ1n) is 7.06. The number of halogens is 1. The van der Waals surface area contributed by atoms with Crippen molar-refractivity contribution in [2.45, 2.75) is 26.1 Å². The van der Waals surface area contributed by atoms with Gasteiger partial charge in [0, 0.05) is 29.4 Å². The minimum Gasteiger partial charge on any atom is -0.372 e. The van der Waals surface area contributed by atoms with Gasteiger partial charge in [-0.15, -0.1) is 0 Å². The van der Waals surface area contributed by atoms with Gasteiger partial charge in [-0.1, -0.05) is 15.9 Å². The fourth-order valence-electron chi connectivity index (χ4n) is 2.38. The molecule has 1 fully saturated rings. The van der Waals surface area contributed by atoms with Crippen LogP contribution in [-0.4, -0.2) is 36.1 Å². The Balaban J connectivity index is 2.06. The topological polar surface area (TPSA) is 65.4 Å². The highest BCUT2D eigenvalue weighted by Crippen LogP contribution is 2.16. The third kappa shape index (κ3) is 4.58. The van der Waals surface area contributed by atoms with Crippen molar-refractivity contribution in [1.82, 2.24) is 4.90 Å². The number of hydrogen-bond donors (Lipinski definition) is 1. The summed E-state index contributed by atoms with van der Waals surface area (Å²) in [4.78, 5) is 14.2. The highest BCUT2D eigenvalue weighted by Gasteiger charge is 2.21. The number of benzene rings is 1. The van der Waals surface area contributed by atoms with Crippen LogP contribution in [0.3, 0.4) is 0 Å². The van der Waals surface area contributed by atoms with Gasteiger partial charge in [0.05, 0.1) is 12.2 Å². The first-order valence-corrected chi connectivity index (χ1v) is 7.85. The molecule has 1 aromatic rings. The van der Waals surface area contributed by atoms with E-state index in [2.05, 4.69) is 21.2 Å². The van der Waals surface area contributed by atoms with Crippen molar-refractivity contribution in [1.29, 1.82) is 5.26 Å². The Morgan fingerprint density at radius 3 is 2.50 bits per heavy atom. The summed E-state index contributed by atoms with van der Waals surface area (Å²) in [5, 5.41) is 12.0. The van der Waals surface area contributed by atoms with Crippen molar-refractivity contribution in [3.8, 4) is 6.07 Å². The average Bonchev–Trinajstić information content (AvgIpc) is 2.46. The van der Waals surface area contributed by atoms with E-state index >= 15 is 0 Å². The van der Waals surface area contributed by atoms with Crippen LogP contribution in [0.5, 0.6) is 0 Å². The second kappa shape index (κ2) is 7.43. The molecule has 6 heteroatoms. The summed E-state index contributed by atoms with van der Waals surface area (Å²) < 4.78 is 6.57. The van der Waals surface area contributed by atoms with E-state index in [4.69, 9.17) is 4.74 Å². The van der Waals surface area contributed by atoms with Gasteiger partial charge in [0.2, 0.25) is 0 Å². The Kier molecular flexibility index (Phi) is 5.58. The number of nitriles is 1. The predicted molar refractivity (Wildman–Crippen MR) is 88.0 cm³/mol. The molecule has 1 heterocycles. The second-order valence-electron chi connectivity index (χ2n) is 5.33. The lowest BCUT2D eigenvalue weighted by atomic mass is 10.2. The van der Waals surface area contributed by atoms with Gasteiger partial charge >= 0.3 is 0 Å². The van der Waals surface area contributed by atoms with Crippen LogP contribution < -0.4 is 5.32 Å². The van der Waals surface area contributed by atoms with Crippen molar-refractivity contribution < 1.29 is 9.53 Å². The van der Waals surface area contributed by atoms with E-state index in [1.807, 2.05) is 36.9 Å². The van der Waals surface area contributed by atoms with E-state index in [-0.39, 0.29) is 17.8 Å². The number of nitrogens with zero attached hydrogens (tertiary/aromatic N) is 2. The molecule has 0 aliphatic carbocycles. The van der Waals surface area contributed by atoms with E-state index < -0.39 is 5.91 Å². The summed E-state index contributed by atoms with van der Waals surface area (Å²) in [5.74, 6) is -0.406. The Hall–Kier alpha value is -1.84. The summed E-state index contributed by atoms with van der Waals surface area (Å²) >= 11 is 3.34. The molecule has 1 amide bonds. The molecule has 1 N–H and O–H groups in total. The summed E-state index contributed by atoms with van der Waals surface area (Å²) in [6.07, 6.45) is 1.77. The Labute approximate surface area is 138 Å². The Bertz CT molecular complexity index is 597. The molecule has 0 radical (unpaired) electrons. The maximum atomic E-state index is 12.2. The SMILES string of the molecule is CC1CN(/C=C(/C#N)C(=O)Nc2ccc(Br)cc2)CC(C)O1. The van der Waals surface area contributed by atoms with E-state index in [1.54, 1.807) is 18.3 Å². The molecule has 0 spiro atoms. The molecule has 5 nitrogen and oxygen atoms in total. The molecule has 2 rings (SSSR count). The standard InChI is InChI=1S/C16H18BrN3O2/c1-11-8-20(9-12(2)22-11)10-13(7-18)16(21)19-15-5-3-14(17)4-6-15/h3-6,10-12H,8-9H2,1-2H3,(H,19,21)/b13-10-. The predicted octanol–water partition coefficient (Wildman–Crippen LogP) is 2.90. The molecule has 0 bridgehead atoms. The first-order chi connectivity index (χ1) is 10.5. The molecule has 1 aromatic carbocycles. The highest BCUT2D eigenvalue weighted by atomic mass is 79.9. The molecule has 2 unspecified atom stereocenters. The number of anilines is 1. The fraction of sp³-hybridized carbons (Fsp3) is 0.375. The lowest BCUT2D eigenvalue weighted by Crippen LogP contribution is -2.43. The zero-order valence-electron chi connectivity index (χ0n) is 12.5. The minimum atomic E-state index is -0.406. The molecular weight excluding hydrogens is 346 g/mol. The molecule has 0 aromatic heterocycles. The fourth-order valence-corrected chi connectivity index (χ4v) is 2.64. The first kappa shape index (κ1) is 16.5. The van der Waals surface area contributed by atoms with Crippen LogP contribution in [-0.2, 0) is 9.53 Å². The van der Waals surface area contributed by atoms with E-state index in [0.717, 1.165) is 4.47 Å². The number of amides is 1. The van der Waals surface area contributed by atoms with E-state index in [1.165, 1.54) is 0 Å². The van der Waals surface area contributed by atoms with E-state index in [0.29, 0.717) is 18.8 Å². The number of hydrogen-bond acceptors (Lipinski definition) is 4. The maximum absolute atomic E-state index is 12.2. The van der Waals surface area contributed by atoms with Crippen molar-refractivity contribution in [2.24, 2.45) is 0 Å². The zero-order chi connectivity index (χ0) is 16.1. The van der Waals surface area contributed by atoms with Gasteiger partial charge in [-0.2, -0.15) is 5.26 Å². The third-order valence-corrected chi connectivity index (χ3v) is 3.76. The van der Waals surface area contributed by atoms with Gasteiger partial charge in [0.1, 0.15) is 11.6 Å². The van der Waals surface area contributed by atoms with Crippen LogP contribution in [0.4, 0.5) is 5.69 Å². The molecule has 1 aliphatic rings. The van der Waals surface area contributed by atoms with Crippen LogP contribution >= 0.6 is 15.9 Å². The van der Waals surface area contributed by atoms with Gasteiger partial charge in [0.15, 0.2) is 0 Å². The smallest absolute Gasteiger partial charge is 0.267 e. The molecule has 116 valence electrons. The van der Waals surface area contributed by atoms with Crippen molar-refractivity contribution >= 4 is 27.5 Å². The van der Waals surface area contributed by atoms with Crippen LogP contribution in [0, 0.1) is 11.3 Å². The number of rotatable bonds is 3. The van der Waals surface area contributed by atoms with Gasteiger partial charge < -0.3 is 15.0 Å². The van der Waals surface area contributed by atoms with Crippen molar-refractivity contribution in [2.75, 3.05) is 18.4 Å². The Morgan fingerprint density at radius 2 is 1.95 bits per heavy atom. The number of carbonyl (C=O) groups is 1. The summed E-state index contributed by atoms with van der Waals surface area (Å²) in [6.45, 7) is 5.29. The van der Waals surface area contributed by atoms with Gasteiger partial charge in [-0.05, 0) is 38.1 Å². The molecule has 2 atom stereocenters. The number of morpholine rings is 1. The normalized spacial score (nSPS) is 22.1. The zero-order valence-corrected chi connectivity index (χ0v) is 14.1. The lowest BCUT2D eigenvalue weighted by molar-refractivity contribution is -0.112. The average molecular weight is 364 g/mol. The molecule has 0 saturated carbocycles. The molecule has 1 saturated heterocycles. The monoisotopic (exact) mass is 363 g/mol. The van der Waals surface area contributed by atoms with Gasteiger partial charge in [0.25, 0.3) is 5.91 Å². The highest BCUT2D eigenvalue weighted by molar-refractivity contribution is 9.10. The third-order valence-electron chi connectivity index (χ3n) is 3.23. The van der Waals surface area contributed by atoms with Gasteiger partial charge in [-0.25, -0.2) is 0 Å². The second-order valence-corrected chi connectivity index (χ2v) is 6.24. The number of carbonyl (C=O) groups excluding carboxylic acids is 1. The largest absolute Gasteiger partial charge is 0.372 e. The lowest BCUT2D eigenvalue weighted by Gasteiger charge is -2.34.